The second-order valence-electron chi connectivity index (χ2n) is 7.16. The Balaban J connectivity index is 1.93. The summed E-state index contributed by atoms with van der Waals surface area (Å²) in [4.78, 5) is 14.7. The molecule has 2 bridgehead atoms. The summed E-state index contributed by atoms with van der Waals surface area (Å²) in [6.45, 7) is 4.17. The van der Waals surface area contributed by atoms with Gasteiger partial charge in [0.25, 0.3) is 0 Å². The maximum absolute atomic E-state index is 12.4. The quantitative estimate of drug-likeness (QED) is 0.726. The zero-order valence-electron chi connectivity index (χ0n) is 11.7. The van der Waals surface area contributed by atoms with E-state index in [-0.39, 0.29) is 11.3 Å². The number of aliphatic hydroxyl groups is 1. The molecule has 104 valence electrons. The topological polar surface area (TPSA) is 40.5 Å². The molecule has 1 saturated carbocycles. The average Bonchev–Trinajstić information content (AvgIpc) is 2.59. The Morgan fingerprint density at radius 1 is 1.37 bits per heavy atom. The predicted molar refractivity (Wildman–Crippen MR) is 72.4 cm³/mol. The Morgan fingerprint density at radius 3 is 3.00 bits per heavy atom. The van der Waals surface area contributed by atoms with Gasteiger partial charge in [-0.2, -0.15) is 0 Å². The van der Waals surface area contributed by atoms with Crippen LogP contribution in [0.3, 0.4) is 0 Å². The van der Waals surface area contributed by atoms with E-state index >= 15 is 0 Å². The van der Waals surface area contributed by atoms with Crippen molar-refractivity contribution >= 4 is 5.78 Å². The highest BCUT2D eigenvalue weighted by molar-refractivity contribution is 5.97. The van der Waals surface area contributed by atoms with Gasteiger partial charge in [-0.25, -0.2) is 0 Å². The zero-order valence-corrected chi connectivity index (χ0v) is 11.7. The second kappa shape index (κ2) is 3.70. The lowest BCUT2D eigenvalue weighted by atomic mass is 9.54. The van der Waals surface area contributed by atoms with E-state index in [4.69, 9.17) is 0 Å². The molecular weight excluding hydrogens is 238 g/mol. The van der Waals surface area contributed by atoms with Crippen molar-refractivity contribution in [3.8, 4) is 0 Å². The van der Waals surface area contributed by atoms with Gasteiger partial charge in [0.1, 0.15) is 5.72 Å². The number of nitrogens with zero attached hydrogens (tertiary/aromatic N) is 1. The van der Waals surface area contributed by atoms with Gasteiger partial charge >= 0.3 is 0 Å². The van der Waals surface area contributed by atoms with Gasteiger partial charge in [0, 0.05) is 24.4 Å². The summed E-state index contributed by atoms with van der Waals surface area (Å²) in [5, 5.41) is 11.5. The molecule has 1 spiro atoms. The van der Waals surface area contributed by atoms with E-state index < -0.39 is 5.72 Å². The highest BCUT2D eigenvalue weighted by Gasteiger charge is 2.67. The fraction of sp³-hybridized carbons (Fsp3) is 0.812. The lowest BCUT2D eigenvalue weighted by Crippen LogP contribution is -2.67. The summed E-state index contributed by atoms with van der Waals surface area (Å²) in [6.07, 6.45) is 7.90. The van der Waals surface area contributed by atoms with Crippen molar-refractivity contribution in [3.63, 3.8) is 0 Å². The molecule has 2 aliphatic heterocycles. The average molecular weight is 261 g/mol. The van der Waals surface area contributed by atoms with Gasteiger partial charge in [-0.15, -0.1) is 0 Å². The molecule has 5 atom stereocenters. The number of rotatable bonds is 0. The van der Waals surface area contributed by atoms with Crippen molar-refractivity contribution in [1.29, 1.82) is 0 Å². The number of allylic oxidation sites excluding steroid dienone is 1. The van der Waals surface area contributed by atoms with Gasteiger partial charge in [0.2, 0.25) is 0 Å². The summed E-state index contributed by atoms with van der Waals surface area (Å²) >= 11 is 0. The Labute approximate surface area is 114 Å². The normalized spacial score (nSPS) is 52.4. The SMILES string of the molecule is CC1CC2=CC(=O)[C@H]3CCCN4CCCC23C4(O)C1. The van der Waals surface area contributed by atoms with Crippen LogP contribution in [0, 0.1) is 17.3 Å². The molecule has 19 heavy (non-hydrogen) atoms. The largest absolute Gasteiger partial charge is 0.375 e. The van der Waals surface area contributed by atoms with Crippen LogP contribution in [-0.2, 0) is 4.79 Å². The monoisotopic (exact) mass is 261 g/mol. The van der Waals surface area contributed by atoms with Crippen LogP contribution in [0.4, 0.5) is 0 Å². The maximum atomic E-state index is 12.4. The fourth-order valence-corrected chi connectivity index (χ4v) is 5.61. The standard InChI is InChI=1S/C16H23NO2/c1-11-8-12-9-14(18)13-4-2-6-17-7-3-5-15(12,13)16(17,19)10-11/h9,11,13,19H,2-8,10H2,1H3/t11?,13-,15?,16?/m1/s1. The lowest BCUT2D eigenvalue weighted by molar-refractivity contribution is -0.230. The van der Waals surface area contributed by atoms with Crippen LogP contribution < -0.4 is 0 Å². The first-order chi connectivity index (χ1) is 9.08. The summed E-state index contributed by atoms with van der Waals surface area (Å²) < 4.78 is 0. The van der Waals surface area contributed by atoms with Crippen LogP contribution in [0.2, 0.25) is 0 Å². The van der Waals surface area contributed by atoms with Crippen molar-refractivity contribution in [2.45, 2.75) is 51.2 Å². The van der Waals surface area contributed by atoms with Gasteiger partial charge in [-0.05, 0) is 50.5 Å². The van der Waals surface area contributed by atoms with Crippen LogP contribution in [0.1, 0.15) is 45.4 Å². The molecule has 0 aromatic rings. The van der Waals surface area contributed by atoms with Crippen molar-refractivity contribution in [3.05, 3.63) is 11.6 Å². The first-order valence-corrected chi connectivity index (χ1v) is 7.80. The summed E-state index contributed by atoms with van der Waals surface area (Å²) in [7, 11) is 0. The van der Waals surface area contributed by atoms with E-state index in [1.54, 1.807) is 0 Å². The third kappa shape index (κ3) is 1.28. The van der Waals surface area contributed by atoms with Crippen molar-refractivity contribution < 1.29 is 9.90 Å². The van der Waals surface area contributed by atoms with Crippen LogP contribution in [0.25, 0.3) is 0 Å². The molecule has 2 saturated heterocycles. The number of carbonyl (C=O) groups excluding carboxylic acids is 1. The zero-order chi connectivity index (χ0) is 13.3. The number of ketones is 1. The molecule has 1 N–H and O–H groups in total. The van der Waals surface area contributed by atoms with E-state index in [9.17, 15) is 9.90 Å². The molecule has 2 heterocycles. The van der Waals surface area contributed by atoms with E-state index in [0.717, 1.165) is 51.6 Å². The molecule has 4 aliphatic rings. The molecule has 0 radical (unpaired) electrons. The lowest BCUT2D eigenvalue weighted by Gasteiger charge is -2.60. The highest BCUT2D eigenvalue weighted by Crippen LogP contribution is 2.64. The minimum absolute atomic E-state index is 0.0605. The number of carbonyl (C=O) groups is 1. The molecule has 0 aromatic carbocycles. The fourth-order valence-electron chi connectivity index (χ4n) is 5.61. The van der Waals surface area contributed by atoms with Crippen molar-refractivity contribution in [2.24, 2.45) is 17.3 Å². The Hall–Kier alpha value is -0.670. The molecule has 4 unspecified atom stereocenters. The first kappa shape index (κ1) is 12.1. The summed E-state index contributed by atoms with van der Waals surface area (Å²) in [6, 6.07) is 0. The van der Waals surface area contributed by atoms with Gasteiger partial charge in [0.15, 0.2) is 5.78 Å². The second-order valence-corrected chi connectivity index (χ2v) is 7.16. The van der Waals surface area contributed by atoms with Gasteiger partial charge in [-0.3, -0.25) is 9.69 Å². The van der Waals surface area contributed by atoms with Crippen LogP contribution >= 0.6 is 0 Å². The van der Waals surface area contributed by atoms with E-state index in [0.29, 0.717) is 11.7 Å². The highest BCUT2D eigenvalue weighted by atomic mass is 16.3. The summed E-state index contributed by atoms with van der Waals surface area (Å²) in [5.41, 5.74) is 0.295. The van der Waals surface area contributed by atoms with Crippen LogP contribution in [0.15, 0.2) is 11.6 Å². The predicted octanol–water partition coefficient (Wildman–Crippen LogP) is 2.11. The van der Waals surface area contributed by atoms with Crippen molar-refractivity contribution in [2.75, 3.05) is 13.1 Å². The Bertz CT molecular complexity index is 471. The molecule has 3 heteroatoms. The van der Waals surface area contributed by atoms with E-state index in [1.807, 2.05) is 6.08 Å². The summed E-state index contributed by atoms with van der Waals surface area (Å²) in [5.74, 6) is 0.839. The first-order valence-electron chi connectivity index (χ1n) is 7.80. The van der Waals surface area contributed by atoms with Crippen LogP contribution in [0.5, 0.6) is 0 Å². The van der Waals surface area contributed by atoms with Crippen molar-refractivity contribution in [1.82, 2.24) is 4.90 Å². The molecule has 2 aliphatic carbocycles. The van der Waals surface area contributed by atoms with Gasteiger partial charge < -0.3 is 5.11 Å². The number of piperidine rings is 1. The van der Waals surface area contributed by atoms with E-state index in [1.165, 1.54) is 5.57 Å². The van der Waals surface area contributed by atoms with E-state index in [2.05, 4.69) is 11.8 Å². The smallest absolute Gasteiger partial charge is 0.159 e. The third-order valence-corrected chi connectivity index (χ3v) is 6.19. The molecule has 3 nitrogen and oxygen atoms in total. The minimum Gasteiger partial charge on any atom is -0.375 e. The minimum atomic E-state index is -0.748. The molecular formula is C16H23NO2. The third-order valence-electron chi connectivity index (χ3n) is 6.19. The molecule has 4 rings (SSSR count). The Morgan fingerprint density at radius 2 is 2.16 bits per heavy atom. The number of hydrogen-bond acceptors (Lipinski definition) is 3. The molecule has 0 amide bonds. The maximum Gasteiger partial charge on any atom is 0.159 e. The molecule has 3 fully saturated rings. The molecule has 0 aromatic heterocycles. The Kier molecular flexibility index (Phi) is 2.36. The van der Waals surface area contributed by atoms with Gasteiger partial charge in [0.05, 0.1) is 0 Å². The number of hydrogen-bond donors (Lipinski definition) is 1. The van der Waals surface area contributed by atoms with Gasteiger partial charge in [-0.1, -0.05) is 12.5 Å². The van der Waals surface area contributed by atoms with Crippen LogP contribution in [-0.4, -0.2) is 34.6 Å².